The van der Waals surface area contributed by atoms with Crippen molar-refractivity contribution in [3.05, 3.63) is 68.5 Å². The molecule has 0 saturated carbocycles. The second-order valence-electron chi connectivity index (χ2n) is 5.70. The molecule has 1 aromatic carbocycles. The van der Waals surface area contributed by atoms with Crippen LogP contribution in [0.2, 0.25) is 0 Å². The van der Waals surface area contributed by atoms with E-state index in [1.807, 2.05) is 19.1 Å². The van der Waals surface area contributed by atoms with Crippen LogP contribution in [-0.2, 0) is 23.2 Å². The lowest BCUT2D eigenvalue weighted by molar-refractivity contribution is -0.137. The van der Waals surface area contributed by atoms with E-state index < -0.39 is 29.2 Å². The highest BCUT2D eigenvalue weighted by Crippen LogP contribution is 2.20. The van der Waals surface area contributed by atoms with E-state index in [9.17, 15) is 19.2 Å². The van der Waals surface area contributed by atoms with Gasteiger partial charge < -0.3 is 10.4 Å². The fourth-order valence-corrected chi connectivity index (χ4v) is 2.52. The van der Waals surface area contributed by atoms with Gasteiger partial charge in [0, 0.05) is 19.3 Å². The minimum absolute atomic E-state index is 0.279. The molecule has 1 aromatic heterocycles. The number of nitrogens with one attached hydrogen (secondary N) is 1. The van der Waals surface area contributed by atoms with Gasteiger partial charge in [-0.2, -0.15) is 0 Å². The van der Waals surface area contributed by atoms with Crippen LogP contribution in [-0.4, -0.2) is 26.1 Å². The fourth-order valence-electron chi connectivity index (χ4n) is 2.52. The van der Waals surface area contributed by atoms with Crippen LogP contribution in [0, 0.1) is 6.92 Å². The third kappa shape index (κ3) is 4.43. The maximum atomic E-state index is 12.3. The van der Waals surface area contributed by atoms with Gasteiger partial charge in [0.1, 0.15) is 6.54 Å². The van der Waals surface area contributed by atoms with Crippen molar-refractivity contribution >= 4 is 11.9 Å². The summed E-state index contributed by atoms with van der Waals surface area (Å²) in [6.45, 7) is 1.52. The molecule has 0 radical (unpaired) electrons. The first-order valence-electron chi connectivity index (χ1n) is 7.62. The standard InChI is InChI=1S/C17H19N3O5/c1-11-5-3-4-6-12(11)13(9-16(23)24)18-14(21)10-20-8-7-15(22)19(2)17(20)25/h3-8,13H,9-10H2,1-2H3,(H,18,21)(H,23,24). The SMILES string of the molecule is Cc1ccccc1C(CC(=O)O)NC(=O)Cn1ccc(=O)n(C)c1=O. The number of carbonyl (C=O) groups is 2. The van der Waals surface area contributed by atoms with Gasteiger partial charge in [0.25, 0.3) is 5.56 Å². The van der Waals surface area contributed by atoms with Gasteiger partial charge in [-0.15, -0.1) is 0 Å². The normalized spacial score (nSPS) is 11.8. The number of aliphatic carboxylic acids is 1. The third-order valence-corrected chi connectivity index (χ3v) is 3.85. The van der Waals surface area contributed by atoms with E-state index in [4.69, 9.17) is 5.11 Å². The summed E-state index contributed by atoms with van der Waals surface area (Å²) in [7, 11) is 1.32. The molecular weight excluding hydrogens is 326 g/mol. The number of carboxylic acids is 1. The molecule has 2 rings (SSSR count). The summed E-state index contributed by atoms with van der Waals surface area (Å²) < 4.78 is 1.98. The Morgan fingerprint density at radius 3 is 2.52 bits per heavy atom. The third-order valence-electron chi connectivity index (χ3n) is 3.85. The Hall–Kier alpha value is -3.16. The predicted octanol–water partition coefficient (Wildman–Crippen LogP) is 0.188. The summed E-state index contributed by atoms with van der Waals surface area (Å²) in [5.74, 6) is -1.57. The van der Waals surface area contributed by atoms with Crippen LogP contribution in [0.1, 0.15) is 23.6 Å². The van der Waals surface area contributed by atoms with Crippen molar-refractivity contribution in [1.29, 1.82) is 0 Å². The van der Waals surface area contributed by atoms with Gasteiger partial charge in [0.2, 0.25) is 5.91 Å². The Labute approximate surface area is 143 Å². The number of amides is 1. The lowest BCUT2D eigenvalue weighted by Gasteiger charge is -2.19. The molecule has 2 aromatic rings. The minimum atomic E-state index is -1.05. The Morgan fingerprint density at radius 1 is 1.20 bits per heavy atom. The molecule has 0 aliphatic rings. The first-order valence-corrected chi connectivity index (χ1v) is 7.62. The van der Waals surface area contributed by atoms with Crippen molar-refractivity contribution in [3.8, 4) is 0 Å². The molecule has 2 N–H and O–H groups in total. The smallest absolute Gasteiger partial charge is 0.331 e. The number of aromatic nitrogens is 2. The van der Waals surface area contributed by atoms with Crippen molar-refractivity contribution < 1.29 is 14.7 Å². The van der Waals surface area contributed by atoms with Gasteiger partial charge in [-0.3, -0.25) is 23.5 Å². The van der Waals surface area contributed by atoms with Crippen LogP contribution in [0.15, 0.2) is 46.1 Å². The highest BCUT2D eigenvalue weighted by atomic mass is 16.4. The van der Waals surface area contributed by atoms with Crippen molar-refractivity contribution in [3.63, 3.8) is 0 Å². The number of nitrogens with zero attached hydrogens (tertiary/aromatic N) is 2. The van der Waals surface area contributed by atoms with Crippen LogP contribution in [0.25, 0.3) is 0 Å². The topological polar surface area (TPSA) is 110 Å². The largest absolute Gasteiger partial charge is 0.481 e. The molecule has 1 atom stereocenters. The van der Waals surface area contributed by atoms with Crippen LogP contribution in [0.3, 0.4) is 0 Å². The lowest BCUT2D eigenvalue weighted by Crippen LogP contribution is -2.41. The van der Waals surface area contributed by atoms with E-state index in [2.05, 4.69) is 5.32 Å². The number of aryl methyl sites for hydroxylation is 1. The minimum Gasteiger partial charge on any atom is -0.481 e. The van der Waals surface area contributed by atoms with Gasteiger partial charge in [-0.1, -0.05) is 24.3 Å². The summed E-state index contributed by atoms with van der Waals surface area (Å²) in [5.41, 5.74) is 0.470. The summed E-state index contributed by atoms with van der Waals surface area (Å²) in [4.78, 5) is 46.8. The second-order valence-corrected chi connectivity index (χ2v) is 5.70. The average Bonchev–Trinajstić information content (AvgIpc) is 2.55. The Morgan fingerprint density at radius 2 is 1.88 bits per heavy atom. The average molecular weight is 345 g/mol. The molecule has 132 valence electrons. The Balaban J connectivity index is 2.22. The maximum Gasteiger partial charge on any atom is 0.331 e. The number of hydrogen-bond acceptors (Lipinski definition) is 4. The molecule has 1 heterocycles. The molecule has 0 aliphatic carbocycles. The predicted molar refractivity (Wildman–Crippen MR) is 90.3 cm³/mol. The quantitative estimate of drug-likeness (QED) is 0.776. The summed E-state index contributed by atoms with van der Waals surface area (Å²) in [6, 6.07) is 7.64. The summed E-state index contributed by atoms with van der Waals surface area (Å²) in [6.07, 6.45) is 0.961. The van der Waals surface area contributed by atoms with Crippen LogP contribution in [0.5, 0.6) is 0 Å². The monoisotopic (exact) mass is 345 g/mol. The molecule has 0 fully saturated rings. The van der Waals surface area contributed by atoms with E-state index in [0.29, 0.717) is 5.56 Å². The number of carboxylic acid groups (broad SMARTS) is 1. The molecule has 1 amide bonds. The van der Waals surface area contributed by atoms with Gasteiger partial charge >= 0.3 is 11.7 Å². The number of benzene rings is 1. The molecular formula is C17H19N3O5. The highest BCUT2D eigenvalue weighted by molar-refractivity contribution is 5.77. The van der Waals surface area contributed by atoms with Crippen molar-refractivity contribution in [2.45, 2.75) is 25.9 Å². The molecule has 8 nitrogen and oxygen atoms in total. The van der Waals surface area contributed by atoms with Crippen molar-refractivity contribution in [2.24, 2.45) is 7.05 Å². The van der Waals surface area contributed by atoms with E-state index >= 15 is 0 Å². The molecule has 8 heteroatoms. The molecule has 0 aliphatic heterocycles. The first-order chi connectivity index (χ1) is 11.8. The van der Waals surface area contributed by atoms with Crippen molar-refractivity contribution in [2.75, 3.05) is 0 Å². The molecule has 25 heavy (non-hydrogen) atoms. The zero-order valence-electron chi connectivity index (χ0n) is 13.9. The lowest BCUT2D eigenvalue weighted by atomic mass is 9.99. The summed E-state index contributed by atoms with van der Waals surface area (Å²) >= 11 is 0. The molecule has 0 spiro atoms. The van der Waals surface area contributed by atoms with Crippen LogP contribution >= 0.6 is 0 Å². The first kappa shape index (κ1) is 18.2. The second kappa shape index (κ2) is 7.61. The highest BCUT2D eigenvalue weighted by Gasteiger charge is 2.20. The maximum absolute atomic E-state index is 12.3. The Kier molecular flexibility index (Phi) is 5.53. The molecule has 1 unspecified atom stereocenters. The Bertz CT molecular complexity index is 913. The zero-order chi connectivity index (χ0) is 18.6. The molecule has 0 saturated heterocycles. The zero-order valence-corrected chi connectivity index (χ0v) is 13.9. The van der Waals surface area contributed by atoms with Gasteiger partial charge in [-0.05, 0) is 18.1 Å². The number of carbonyl (C=O) groups excluding carboxylic acids is 1. The van der Waals surface area contributed by atoms with E-state index in [-0.39, 0.29) is 13.0 Å². The van der Waals surface area contributed by atoms with Crippen LogP contribution in [0.4, 0.5) is 0 Å². The van der Waals surface area contributed by atoms with Gasteiger partial charge in [-0.25, -0.2) is 4.79 Å². The van der Waals surface area contributed by atoms with Gasteiger partial charge in [0.15, 0.2) is 0 Å². The molecule has 0 bridgehead atoms. The van der Waals surface area contributed by atoms with Crippen molar-refractivity contribution in [1.82, 2.24) is 14.5 Å². The van der Waals surface area contributed by atoms with Crippen LogP contribution < -0.4 is 16.6 Å². The number of rotatable bonds is 6. The van der Waals surface area contributed by atoms with E-state index in [1.54, 1.807) is 12.1 Å². The van der Waals surface area contributed by atoms with Gasteiger partial charge in [0.05, 0.1) is 12.5 Å². The summed E-state index contributed by atoms with van der Waals surface area (Å²) in [5, 5.41) is 11.8. The number of hydrogen-bond donors (Lipinski definition) is 2. The van der Waals surface area contributed by atoms with E-state index in [0.717, 1.165) is 14.7 Å². The fraction of sp³-hybridized carbons (Fsp3) is 0.294. The van der Waals surface area contributed by atoms with E-state index in [1.165, 1.54) is 19.3 Å².